The molecule has 7 heteroatoms. The Bertz CT molecular complexity index is 1010. The van der Waals surface area contributed by atoms with Crippen molar-refractivity contribution in [2.75, 3.05) is 26.9 Å². The van der Waals surface area contributed by atoms with Crippen molar-refractivity contribution in [3.05, 3.63) is 59.7 Å². The molecule has 0 radical (unpaired) electrons. The van der Waals surface area contributed by atoms with Gasteiger partial charge in [-0.25, -0.2) is 0 Å². The first-order valence-corrected chi connectivity index (χ1v) is 10.6. The molecule has 5 rings (SSSR count). The van der Waals surface area contributed by atoms with Crippen molar-refractivity contribution >= 4 is 11.8 Å². The smallest absolute Gasteiger partial charge is 0.238 e. The minimum Gasteiger partial charge on any atom is -0.497 e. The lowest BCUT2D eigenvalue weighted by Gasteiger charge is -2.60. The summed E-state index contributed by atoms with van der Waals surface area (Å²) in [5, 5.41) is 0. The first kappa shape index (κ1) is 19.9. The first-order valence-electron chi connectivity index (χ1n) is 10.6. The van der Waals surface area contributed by atoms with Gasteiger partial charge in [-0.3, -0.25) is 9.59 Å². The predicted octanol–water partition coefficient (Wildman–Crippen LogP) is 2.09. The number of nitrogens with two attached hydrogens (primary N) is 1. The highest BCUT2D eigenvalue weighted by atomic mass is 16.5. The summed E-state index contributed by atoms with van der Waals surface area (Å²) in [6.07, 6.45) is 1.19. The van der Waals surface area contributed by atoms with Crippen molar-refractivity contribution in [2.24, 2.45) is 17.6 Å². The lowest BCUT2D eigenvalue weighted by molar-refractivity contribution is -0.226. The number of primary amides is 1. The lowest BCUT2D eigenvalue weighted by Crippen LogP contribution is -2.73. The molecule has 31 heavy (non-hydrogen) atoms. The summed E-state index contributed by atoms with van der Waals surface area (Å²) in [7, 11) is 1.63. The Morgan fingerprint density at radius 2 is 2.00 bits per heavy atom. The fourth-order valence-electron chi connectivity index (χ4n) is 5.45. The van der Waals surface area contributed by atoms with E-state index in [-0.39, 0.29) is 17.7 Å². The van der Waals surface area contributed by atoms with Gasteiger partial charge in [-0.15, -0.1) is 0 Å². The van der Waals surface area contributed by atoms with Crippen LogP contribution < -0.4 is 15.2 Å². The van der Waals surface area contributed by atoms with E-state index in [1.807, 2.05) is 48.5 Å². The second kappa shape index (κ2) is 7.57. The summed E-state index contributed by atoms with van der Waals surface area (Å²) in [4.78, 5) is 27.9. The number of methoxy groups -OCH3 is 1. The molecular weight excluding hydrogens is 396 g/mol. The van der Waals surface area contributed by atoms with E-state index in [9.17, 15) is 9.59 Å². The standard InChI is InChI=1S/C24H26N2O5/c1-29-16-8-6-15(7-9-16)10-12-26-23(28)21(22(25)27)20-17-4-2-3-5-19(17)31-24(26)11-13-30-14-18(20)24/h2-9,18,20-21H,10-14H2,1H3,(H2,25,27)/t18-,20-,21-,24+/m0/s1. The summed E-state index contributed by atoms with van der Waals surface area (Å²) >= 11 is 0. The SMILES string of the molecule is COc1ccc(CCN2C(=O)[C@H](C(N)=O)[C@H]3c4ccccc4O[C@@]24CCOC[C@@H]34)cc1. The second-order valence-electron chi connectivity index (χ2n) is 8.41. The van der Waals surface area contributed by atoms with Gasteiger partial charge in [0.25, 0.3) is 0 Å². The van der Waals surface area contributed by atoms with Crippen molar-refractivity contribution in [3.63, 3.8) is 0 Å². The van der Waals surface area contributed by atoms with Gasteiger partial charge < -0.3 is 24.8 Å². The van der Waals surface area contributed by atoms with Crippen molar-refractivity contribution in [1.82, 2.24) is 4.90 Å². The maximum Gasteiger partial charge on any atom is 0.238 e. The Labute approximate surface area is 181 Å². The highest BCUT2D eigenvalue weighted by molar-refractivity contribution is 6.02. The van der Waals surface area contributed by atoms with Crippen LogP contribution in [0.4, 0.5) is 0 Å². The number of carbonyl (C=O) groups excluding carboxylic acids is 2. The quantitative estimate of drug-likeness (QED) is 0.745. The number of amides is 2. The third kappa shape index (κ3) is 3.07. The Morgan fingerprint density at radius 3 is 2.74 bits per heavy atom. The number of benzene rings is 2. The Balaban J connectivity index is 1.54. The number of para-hydroxylation sites is 1. The van der Waals surface area contributed by atoms with Crippen LogP contribution in [0.25, 0.3) is 0 Å². The topological polar surface area (TPSA) is 91.1 Å². The molecule has 2 fully saturated rings. The minimum absolute atomic E-state index is 0.151. The van der Waals surface area contributed by atoms with E-state index in [0.717, 1.165) is 22.6 Å². The average molecular weight is 422 g/mol. The molecule has 3 aliphatic heterocycles. The molecule has 0 spiro atoms. The van der Waals surface area contributed by atoms with Gasteiger partial charge in [0.2, 0.25) is 11.8 Å². The van der Waals surface area contributed by atoms with Crippen molar-refractivity contribution in [2.45, 2.75) is 24.5 Å². The number of fused-ring (bicyclic) bond motifs is 2. The van der Waals surface area contributed by atoms with Gasteiger partial charge in [0.05, 0.1) is 26.2 Å². The zero-order valence-corrected chi connectivity index (χ0v) is 17.5. The maximum atomic E-state index is 13.6. The van der Waals surface area contributed by atoms with Crippen LogP contribution in [0.3, 0.4) is 0 Å². The van der Waals surface area contributed by atoms with E-state index in [2.05, 4.69) is 0 Å². The molecule has 162 valence electrons. The summed E-state index contributed by atoms with van der Waals surface area (Å²) in [5.74, 6) is -0.766. The summed E-state index contributed by atoms with van der Waals surface area (Å²) in [5.41, 5.74) is 6.90. The number of hydrogen-bond acceptors (Lipinski definition) is 5. The Hall–Kier alpha value is -3.06. The molecule has 3 aliphatic rings. The highest BCUT2D eigenvalue weighted by Crippen LogP contribution is 2.56. The number of carbonyl (C=O) groups is 2. The summed E-state index contributed by atoms with van der Waals surface area (Å²) in [6, 6.07) is 15.4. The van der Waals surface area contributed by atoms with Gasteiger partial charge in [-0.05, 0) is 35.7 Å². The van der Waals surface area contributed by atoms with Crippen LogP contribution in [0.5, 0.6) is 11.5 Å². The largest absolute Gasteiger partial charge is 0.497 e. The first-order chi connectivity index (χ1) is 15.0. The monoisotopic (exact) mass is 422 g/mol. The van der Waals surface area contributed by atoms with Crippen LogP contribution in [0.15, 0.2) is 48.5 Å². The molecule has 2 amide bonds. The molecule has 0 saturated carbocycles. The van der Waals surface area contributed by atoms with Crippen molar-refractivity contribution < 1.29 is 23.8 Å². The lowest BCUT2D eigenvalue weighted by atomic mass is 9.64. The molecular formula is C24H26N2O5. The fourth-order valence-corrected chi connectivity index (χ4v) is 5.45. The predicted molar refractivity (Wildman–Crippen MR) is 113 cm³/mol. The highest BCUT2D eigenvalue weighted by Gasteiger charge is 2.64. The van der Waals surface area contributed by atoms with E-state index in [4.69, 9.17) is 19.9 Å². The molecule has 7 nitrogen and oxygen atoms in total. The van der Waals surface area contributed by atoms with Crippen LogP contribution in [0, 0.1) is 11.8 Å². The number of nitrogens with zero attached hydrogens (tertiary/aromatic N) is 1. The zero-order valence-electron chi connectivity index (χ0n) is 17.5. The Kier molecular flexibility index (Phi) is 4.85. The molecule has 0 aromatic heterocycles. The zero-order chi connectivity index (χ0) is 21.6. The second-order valence-corrected chi connectivity index (χ2v) is 8.41. The van der Waals surface area contributed by atoms with Crippen LogP contribution in [-0.2, 0) is 20.7 Å². The molecule has 2 bridgehead atoms. The minimum atomic E-state index is -0.930. The van der Waals surface area contributed by atoms with Gasteiger partial charge in [0.15, 0.2) is 5.72 Å². The molecule has 0 unspecified atom stereocenters. The molecule has 2 N–H and O–H groups in total. The number of rotatable bonds is 5. The summed E-state index contributed by atoms with van der Waals surface area (Å²) in [6.45, 7) is 1.36. The van der Waals surface area contributed by atoms with E-state index >= 15 is 0 Å². The normalized spacial score (nSPS) is 28.9. The summed E-state index contributed by atoms with van der Waals surface area (Å²) < 4.78 is 17.6. The third-order valence-electron chi connectivity index (χ3n) is 6.92. The van der Waals surface area contributed by atoms with Gasteiger partial charge in [0.1, 0.15) is 17.4 Å². The molecule has 2 aromatic carbocycles. The van der Waals surface area contributed by atoms with Gasteiger partial charge in [-0.1, -0.05) is 30.3 Å². The van der Waals surface area contributed by atoms with Crippen LogP contribution in [0.2, 0.25) is 0 Å². The van der Waals surface area contributed by atoms with E-state index in [1.165, 1.54) is 0 Å². The molecule has 0 aliphatic carbocycles. The Morgan fingerprint density at radius 1 is 1.23 bits per heavy atom. The number of likely N-dealkylation sites (tertiary alicyclic amines) is 1. The maximum absolute atomic E-state index is 13.6. The van der Waals surface area contributed by atoms with Crippen molar-refractivity contribution in [1.29, 1.82) is 0 Å². The fraction of sp³-hybridized carbons (Fsp3) is 0.417. The van der Waals surface area contributed by atoms with E-state index < -0.39 is 17.6 Å². The van der Waals surface area contributed by atoms with Gasteiger partial charge in [-0.2, -0.15) is 0 Å². The number of hydrogen-bond donors (Lipinski definition) is 1. The molecule has 2 saturated heterocycles. The number of piperidine rings is 1. The third-order valence-corrected chi connectivity index (χ3v) is 6.92. The van der Waals surface area contributed by atoms with Gasteiger partial charge in [0, 0.05) is 18.9 Å². The van der Waals surface area contributed by atoms with Crippen LogP contribution in [-0.4, -0.2) is 49.3 Å². The number of ether oxygens (including phenoxy) is 3. The van der Waals surface area contributed by atoms with Gasteiger partial charge >= 0.3 is 0 Å². The van der Waals surface area contributed by atoms with Crippen LogP contribution >= 0.6 is 0 Å². The van der Waals surface area contributed by atoms with Crippen molar-refractivity contribution in [3.8, 4) is 11.5 Å². The molecule has 4 atom stereocenters. The molecule has 2 aromatic rings. The van der Waals surface area contributed by atoms with E-state index in [0.29, 0.717) is 32.6 Å². The van der Waals surface area contributed by atoms with Crippen LogP contribution in [0.1, 0.15) is 23.5 Å². The average Bonchev–Trinajstić information content (AvgIpc) is 2.78. The molecule has 3 heterocycles. The van der Waals surface area contributed by atoms with E-state index in [1.54, 1.807) is 12.0 Å².